The molecule has 1 atom stereocenters. The normalized spacial score (nSPS) is 16.8. The summed E-state index contributed by atoms with van der Waals surface area (Å²) in [6, 6.07) is 7.91. The van der Waals surface area contributed by atoms with E-state index in [-0.39, 0.29) is 11.9 Å². The molecule has 2 aromatic heterocycles. The Morgan fingerprint density at radius 2 is 2.25 bits per heavy atom. The number of rotatable bonds is 2. The summed E-state index contributed by atoms with van der Waals surface area (Å²) < 4.78 is 2.90. The van der Waals surface area contributed by atoms with Gasteiger partial charge >= 0.3 is 0 Å². The van der Waals surface area contributed by atoms with Gasteiger partial charge in [-0.3, -0.25) is 4.79 Å². The van der Waals surface area contributed by atoms with Gasteiger partial charge in [-0.1, -0.05) is 22.0 Å². The molecule has 6 nitrogen and oxygen atoms in total. The summed E-state index contributed by atoms with van der Waals surface area (Å²) in [5.74, 6) is 1.18. The Bertz CT molecular complexity index is 936. The van der Waals surface area contributed by atoms with Crippen LogP contribution in [0.3, 0.4) is 0 Å². The highest BCUT2D eigenvalue weighted by atomic mass is 79.9. The fourth-order valence-corrected chi connectivity index (χ4v) is 3.35. The smallest absolute Gasteiger partial charge is 0.277 e. The summed E-state index contributed by atoms with van der Waals surface area (Å²) in [6.07, 6.45) is 5.15. The summed E-state index contributed by atoms with van der Waals surface area (Å²) in [4.78, 5) is 21.3. The van der Waals surface area contributed by atoms with Crippen LogP contribution in [0.5, 0.6) is 0 Å². The Morgan fingerprint density at radius 3 is 3.12 bits per heavy atom. The van der Waals surface area contributed by atoms with Crippen molar-refractivity contribution in [1.82, 2.24) is 14.5 Å². The van der Waals surface area contributed by atoms with Gasteiger partial charge in [0.2, 0.25) is 0 Å². The molecule has 0 bridgehead atoms. The van der Waals surface area contributed by atoms with Crippen molar-refractivity contribution in [2.45, 2.75) is 25.4 Å². The maximum atomic E-state index is 12.6. The van der Waals surface area contributed by atoms with Gasteiger partial charge in [0.25, 0.3) is 5.91 Å². The number of nitrogens with zero attached hydrogens (tertiary/aromatic N) is 3. The number of carbonyl (C=O) groups is 1. The lowest BCUT2D eigenvalue weighted by Gasteiger charge is -2.19. The van der Waals surface area contributed by atoms with E-state index < -0.39 is 0 Å². The van der Waals surface area contributed by atoms with Crippen LogP contribution in [-0.4, -0.2) is 26.5 Å². The zero-order valence-corrected chi connectivity index (χ0v) is 14.5. The second kappa shape index (κ2) is 5.99. The standard InChI is InChI=1S/C17H16BrN5O/c18-11-2-1-10-5-6-20-16(13(10)7-11)22-17(24)14-9-23-8-12(19)3-4-15(23)21-14/h1-2,5-7,9,12H,3-4,8,19H2,(H,20,22,24). The monoisotopic (exact) mass is 385 g/mol. The van der Waals surface area contributed by atoms with Crippen molar-refractivity contribution in [2.75, 3.05) is 5.32 Å². The fraction of sp³-hybridized carbons (Fsp3) is 0.235. The van der Waals surface area contributed by atoms with Crippen LogP contribution in [0.4, 0.5) is 5.82 Å². The van der Waals surface area contributed by atoms with Crippen LogP contribution in [0.15, 0.2) is 41.1 Å². The van der Waals surface area contributed by atoms with Gasteiger partial charge in [-0.05, 0) is 30.0 Å². The first kappa shape index (κ1) is 15.3. The molecule has 1 aromatic carbocycles. The molecule has 3 N–H and O–H groups in total. The number of halogens is 1. The van der Waals surface area contributed by atoms with E-state index in [0.717, 1.165) is 33.9 Å². The number of benzene rings is 1. The molecule has 0 saturated carbocycles. The number of aryl methyl sites for hydroxylation is 1. The van der Waals surface area contributed by atoms with Crippen LogP contribution < -0.4 is 11.1 Å². The minimum atomic E-state index is -0.259. The Kier molecular flexibility index (Phi) is 3.82. The maximum Gasteiger partial charge on any atom is 0.277 e. The molecular formula is C17H16BrN5O. The second-order valence-corrected chi connectivity index (χ2v) is 6.89. The first-order valence-corrected chi connectivity index (χ1v) is 8.57. The molecule has 4 rings (SSSR count). The summed E-state index contributed by atoms with van der Waals surface area (Å²) >= 11 is 3.45. The van der Waals surface area contributed by atoms with Crippen molar-refractivity contribution in [2.24, 2.45) is 5.73 Å². The average Bonchev–Trinajstić information content (AvgIpc) is 2.98. The summed E-state index contributed by atoms with van der Waals surface area (Å²) in [7, 11) is 0. The van der Waals surface area contributed by atoms with Crippen molar-refractivity contribution in [3.63, 3.8) is 0 Å². The van der Waals surface area contributed by atoms with Crippen LogP contribution in [0.2, 0.25) is 0 Å². The van der Waals surface area contributed by atoms with Gasteiger partial charge in [0.15, 0.2) is 0 Å². The minimum absolute atomic E-state index is 0.125. The van der Waals surface area contributed by atoms with Crippen molar-refractivity contribution < 1.29 is 4.79 Å². The highest BCUT2D eigenvalue weighted by Crippen LogP contribution is 2.25. The largest absolute Gasteiger partial charge is 0.333 e. The number of amides is 1. The number of imidazole rings is 1. The van der Waals surface area contributed by atoms with Crippen LogP contribution in [0.25, 0.3) is 10.8 Å². The lowest BCUT2D eigenvalue weighted by molar-refractivity contribution is 0.102. The molecule has 0 saturated heterocycles. The number of pyridine rings is 1. The van der Waals surface area contributed by atoms with Crippen LogP contribution in [-0.2, 0) is 13.0 Å². The summed E-state index contributed by atoms with van der Waals surface area (Å²) in [6.45, 7) is 0.703. The Balaban J connectivity index is 1.64. The SMILES string of the molecule is NC1CCc2nc(C(=O)Nc3nccc4ccc(Br)cc34)cn2C1. The maximum absolute atomic E-state index is 12.6. The number of fused-ring (bicyclic) bond motifs is 2. The molecular weight excluding hydrogens is 370 g/mol. The van der Waals surface area contributed by atoms with Gasteiger partial charge in [0.1, 0.15) is 17.3 Å². The van der Waals surface area contributed by atoms with E-state index in [2.05, 4.69) is 31.2 Å². The lowest BCUT2D eigenvalue weighted by atomic mass is 10.1. The quantitative estimate of drug-likeness (QED) is 0.709. The predicted molar refractivity (Wildman–Crippen MR) is 95.9 cm³/mol. The van der Waals surface area contributed by atoms with Gasteiger partial charge < -0.3 is 15.6 Å². The van der Waals surface area contributed by atoms with Crippen molar-refractivity contribution >= 4 is 38.4 Å². The molecule has 0 spiro atoms. The lowest BCUT2D eigenvalue weighted by Crippen LogP contribution is -2.31. The van der Waals surface area contributed by atoms with Crippen molar-refractivity contribution in [3.05, 3.63) is 52.7 Å². The predicted octanol–water partition coefficient (Wildman–Crippen LogP) is 2.72. The number of nitrogens with two attached hydrogens (primary N) is 1. The molecule has 1 aliphatic heterocycles. The van der Waals surface area contributed by atoms with Gasteiger partial charge in [0.05, 0.1) is 0 Å². The number of anilines is 1. The van der Waals surface area contributed by atoms with Crippen LogP contribution in [0, 0.1) is 0 Å². The molecule has 0 fully saturated rings. The van der Waals surface area contributed by atoms with E-state index in [1.54, 1.807) is 12.4 Å². The minimum Gasteiger partial charge on any atom is -0.333 e. The zero-order valence-electron chi connectivity index (χ0n) is 12.9. The summed E-state index contributed by atoms with van der Waals surface area (Å²) in [5, 5.41) is 4.76. The van der Waals surface area contributed by atoms with Gasteiger partial charge in [0, 0.05) is 41.3 Å². The first-order chi connectivity index (χ1) is 11.6. The van der Waals surface area contributed by atoms with E-state index in [1.807, 2.05) is 28.8 Å². The molecule has 7 heteroatoms. The second-order valence-electron chi connectivity index (χ2n) is 5.97. The number of hydrogen-bond acceptors (Lipinski definition) is 4. The topological polar surface area (TPSA) is 85.8 Å². The van der Waals surface area contributed by atoms with E-state index in [9.17, 15) is 4.79 Å². The van der Waals surface area contributed by atoms with E-state index in [1.165, 1.54) is 0 Å². The van der Waals surface area contributed by atoms with Gasteiger partial charge in [-0.2, -0.15) is 0 Å². The molecule has 1 unspecified atom stereocenters. The number of nitrogens with one attached hydrogen (secondary N) is 1. The number of hydrogen-bond donors (Lipinski definition) is 2. The van der Waals surface area contributed by atoms with Crippen LogP contribution >= 0.6 is 15.9 Å². The highest BCUT2D eigenvalue weighted by molar-refractivity contribution is 9.10. The third-order valence-corrected chi connectivity index (χ3v) is 4.72. The first-order valence-electron chi connectivity index (χ1n) is 7.77. The molecule has 0 radical (unpaired) electrons. The van der Waals surface area contributed by atoms with E-state index in [0.29, 0.717) is 18.1 Å². The molecule has 24 heavy (non-hydrogen) atoms. The molecule has 3 aromatic rings. The number of carbonyl (C=O) groups excluding carboxylic acids is 1. The summed E-state index contributed by atoms with van der Waals surface area (Å²) in [5.41, 5.74) is 6.37. The van der Waals surface area contributed by atoms with Crippen molar-refractivity contribution in [3.8, 4) is 0 Å². The molecule has 1 amide bonds. The highest BCUT2D eigenvalue weighted by Gasteiger charge is 2.20. The Morgan fingerprint density at radius 1 is 1.38 bits per heavy atom. The third kappa shape index (κ3) is 2.81. The van der Waals surface area contributed by atoms with Crippen LogP contribution in [0.1, 0.15) is 22.7 Å². The molecule has 3 heterocycles. The average molecular weight is 386 g/mol. The molecule has 1 aliphatic rings. The van der Waals surface area contributed by atoms with E-state index >= 15 is 0 Å². The Labute approximate surface area is 147 Å². The van der Waals surface area contributed by atoms with Gasteiger partial charge in [-0.15, -0.1) is 0 Å². The zero-order chi connectivity index (χ0) is 16.7. The number of aromatic nitrogens is 3. The Hall–Kier alpha value is -2.25. The molecule has 122 valence electrons. The molecule has 0 aliphatic carbocycles. The third-order valence-electron chi connectivity index (χ3n) is 4.22. The fourth-order valence-electron chi connectivity index (χ4n) is 2.99. The van der Waals surface area contributed by atoms with Gasteiger partial charge in [-0.25, -0.2) is 9.97 Å². The van der Waals surface area contributed by atoms with Crippen molar-refractivity contribution in [1.29, 1.82) is 0 Å². The van der Waals surface area contributed by atoms with E-state index in [4.69, 9.17) is 5.73 Å².